The summed E-state index contributed by atoms with van der Waals surface area (Å²) in [5.41, 5.74) is 2.12. The molecule has 0 saturated heterocycles. The topological polar surface area (TPSA) is 67.0 Å². The molecule has 0 radical (unpaired) electrons. The largest absolute Gasteiger partial charge is 0.497 e. The van der Waals surface area contributed by atoms with Gasteiger partial charge in [0.1, 0.15) is 5.75 Å². The summed E-state index contributed by atoms with van der Waals surface area (Å²) in [5, 5.41) is 11.8. The molecule has 0 aliphatic heterocycles. The number of hydrogen-bond acceptors (Lipinski definition) is 4. The average Bonchev–Trinajstić information content (AvgIpc) is 3.24. The molecule has 5 nitrogen and oxygen atoms in total. The molecule has 0 saturated carbocycles. The molecule has 2 aromatic heterocycles. The quantitative estimate of drug-likeness (QED) is 0.760. The van der Waals surface area contributed by atoms with E-state index in [1.54, 1.807) is 24.6 Å². The number of aromatic nitrogens is 2. The number of carbonyl (C=O) groups excluding carboxylic acids is 1. The highest BCUT2D eigenvalue weighted by Gasteiger charge is 2.15. The molecule has 6 heteroatoms. The predicted molar refractivity (Wildman–Crippen MR) is 86.1 cm³/mol. The lowest BCUT2D eigenvalue weighted by molar-refractivity contribution is 0.0952. The zero-order valence-corrected chi connectivity index (χ0v) is 12.8. The standard InChI is InChI=1S/C16H15N3O2S/c1-21-12-6-4-11(5-7-12)15-14(10-18-19-15)16(20)17-9-13-3-2-8-22-13/h2-8,10H,9H2,1H3,(H,17,20)(H,18,19). The van der Waals surface area contributed by atoms with Crippen LogP contribution in [0, 0.1) is 0 Å². The lowest BCUT2D eigenvalue weighted by Crippen LogP contribution is -2.22. The Balaban J connectivity index is 1.77. The lowest BCUT2D eigenvalue weighted by atomic mass is 10.1. The van der Waals surface area contributed by atoms with E-state index in [0.29, 0.717) is 17.8 Å². The Hall–Kier alpha value is -2.60. The maximum atomic E-state index is 12.3. The average molecular weight is 313 g/mol. The number of benzene rings is 1. The highest BCUT2D eigenvalue weighted by atomic mass is 32.1. The number of carbonyl (C=O) groups is 1. The first-order chi connectivity index (χ1) is 10.8. The Kier molecular flexibility index (Phi) is 4.20. The minimum Gasteiger partial charge on any atom is -0.497 e. The van der Waals surface area contributed by atoms with E-state index in [0.717, 1.165) is 16.2 Å². The Morgan fingerprint density at radius 2 is 2.14 bits per heavy atom. The first kappa shape index (κ1) is 14.3. The third-order valence-electron chi connectivity index (χ3n) is 3.27. The highest BCUT2D eigenvalue weighted by molar-refractivity contribution is 7.09. The maximum Gasteiger partial charge on any atom is 0.255 e. The summed E-state index contributed by atoms with van der Waals surface area (Å²) < 4.78 is 5.14. The molecular weight excluding hydrogens is 298 g/mol. The molecule has 3 rings (SSSR count). The molecule has 0 fully saturated rings. The molecule has 22 heavy (non-hydrogen) atoms. The second kappa shape index (κ2) is 6.44. The van der Waals surface area contributed by atoms with Crippen molar-refractivity contribution in [3.63, 3.8) is 0 Å². The van der Waals surface area contributed by atoms with Crippen molar-refractivity contribution < 1.29 is 9.53 Å². The normalized spacial score (nSPS) is 10.4. The molecule has 0 bridgehead atoms. The van der Waals surface area contributed by atoms with Crippen LogP contribution in [0.25, 0.3) is 11.3 Å². The molecule has 0 unspecified atom stereocenters. The van der Waals surface area contributed by atoms with E-state index in [1.807, 2.05) is 41.8 Å². The number of ether oxygens (including phenoxy) is 1. The smallest absolute Gasteiger partial charge is 0.255 e. The third-order valence-corrected chi connectivity index (χ3v) is 4.14. The van der Waals surface area contributed by atoms with E-state index in [4.69, 9.17) is 4.74 Å². The molecular formula is C16H15N3O2S. The predicted octanol–water partition coefficient (Wildman–Crippen LogP) is 3.08. The van der Waals surface area contributed by atoms with Crippen LogP contribution < -0.4 is 10.1 Å². The second-order valence-corrected chi connectivity index (χ2v) is 5.68. The van der Waals surface area contributed by atoms with Crippen LogP contribution in [0.2, 0.25) is 0 Å². The summed E-state index contributed by atoms with van der Waals surface area (Å²) in [6.07, 6.45) is 1.54. The Morgan fingerprint density at radius 3 is 2.82 bits per heavy atom. The van der Waals surface area contributed by atoms with Crippen molar-refractivity contribution in [3.8, 4) is 17.0 Å². The van der Waals surface area contributed by atoms with E-state index in [2.05, 4.69) is 15.5 Å². The van der Waals surface area contributed by atoms with E-state index < -0.39 is 0 Å². The van der Waals surface area contributed by atoms with Crippen molar-refractivity contribution in [1.29, 1.82) is 0 Å². The van der Waals surface area contributed by atoms with Crippen LogP contribution in [0.15, 0.2) is 48.0 Å². The minimum atomic E-state index is -0.145. The van der Waals surface area contributed by atoms with Gasteiger partial charge in [-0.05, 0) is 35.7 Å². The fraction of sp³-hybridized carbons (Fsp3) is 0.125. The van der Waals surface area contributed by atoms with Crippen molar-refractivity contribution in [3.05, 3.63) is 58.4 Å². The van der Waals surface area contributed by atoms with Crippen LogP contribution >= 0.6 is 11.3 Å². The van der Waals surface area contributed by atoms with E-state index in [1.165, 1.54) is 0 Å². The van der Waals surface area contributed by atoms with Crippen LogP contribution in [0.5, 0.6) is 5.75 Å². The van der Waals surface area contributed by atoms with Gasteiger partial charge in [0.15, 0.2) is 0 Å². The number of thiophene rings is 1. The van der Waals surface area contributed by atoms with Crippen molar-refractivity contribution in [1.82, 2.24) is 15.5 Å². The first-order valence-electron chi connectivity index (χ1n) is 6.76. The minimum absolute atomic E-state index is 0.145. The fourth-order valence-corrected chi connectivity index (χ4v) is 2.76. The van der Waals surface area contributed by atoms with Crippen LogP contribution in [0.1, 0.15) is 15.2 Å². The van der Waals surface area contributed by atoms with Crippen LogP contribution in [-0.4, -0.2) is 23.2 Å². The van der Waals surface area contributed by atoms with Gasteiger partial charge in [0.05, 0.1) is 31.1 Å². The number of nitrogens with zero attached hydrogens (tertiary/aromatic N) is 1. The van der Waals surface area contributed by atoms with Crippen LogP contribution in [-0.2, 0) is 6.54 Å². The Bertz CT molecular complexity index is 748. The summed E-state index contributed by atoms with van der Waals surface area (Å²) in [6, 6.07) is 11.4. The van der Waals surface area contributed by atoms with Crippen molar-refractivity contribution in [2.24, 2.45) is 0 Å². The molecule has 0 aliphatic rings. The number of H-pyrrole nitrogens is 1. The van der Waals surface area contributed by atoms with Gasteiger partial charge in [0.2, 0.25) is 0 Å². The fourth-order valence-electron chi connectivity index (χ4n) is 2.11. The number of nitrogens with one attached hydrogen (secondary N) is 2. The maximum absolute atomic E-state index is 12.3. The van der Waals surface area contributed by atoms with Crippen molar-refractivity contribution in [2.45, 2.75) is 6.54 Å². The molecule has 2 heterocycles. The molecule has 0 spiro atoms. The molecule has 112 valence electrons. The van der Waals surface area contributed by atoms with E-state index in [9.17, 15) is 4.79 Å². The Morgan fingerprint density at radius 1 is 1.32 bits per heavy atom. The first-order valence-corrected chi connectivity index (χ1v) is 7.64. The SMILES string of the molecule is COc1ccc(-c2[nH]ncc2C(=O)NCc2cccs2)cc1. The van der Waals surface area contributed by atoms with Gasteiger partial charge in [0, 0.05) is 10.4 Å². The zero-order valence-electron chi connectivity index (χ0n) is 12.0. The number of methoxy groups -OCH3 is 1. The highest BCUT2D eigenvalue weighted by Crippen LogP contribution is 2.23. The van der Waals surface area contributed by atoms with Gasteiger partial charge >= 0.3 is 0 Å². The lowest BCUT2D eigenvalue weighted by Gasteiger charge is -2.06. The molecule has 1 amide bonds. The van der Waals surface area contributed by atoms with Gasteiger partial charge in [-0.1, -0.05) is 6.07 Å². The van der Waals surface area contributed by atoms with E-state index >= 15 is 0 Å². The molecule has 3 aromatic rings. The summed E-state index contributed by atoms with van der Waals surface area (Å²) in [5.74, 6) is 0.625. The van der Waals surface area contributed by atoms with Crippen molar-refractivity contribution >= 4 is 17.2 Å². The van der Waals surface area contributed by atoms with Crippen LogP contribution in [0.3, 0.4) is 0 Å². The van der Waals surface area contributed by atoms with Gasteiger partial charge in [-0.2, -0.15) is 5.10 Å². The monoisotopic (exact) mass is 313 g/mol. The molecule has 0 atom stereocenters. The van der Waals surface area contributed by atoms with Gasteiger partial charge in [-0.3, -0.25) is 9.89 Å². The Labute approximate surface area is 132 Å². The van der Waals surface area contributed by atoms with Gasteiger partial charge in [0.25, 0.3) is 5.91 Å². The van der Waals surface area contributed by atoms with Gasteiger partial charge < -0.3 is 10.1 Å². The summed E-state index contributed by atoms with van der Waals surface area (Å²) in [4.78, 5) is 13.4. The van der Waals surface area contributed by atoms with Crippen LogP contribution in [0.4, 0.5) is 0 Å². The molecule has 2 N–H and O–H groups in total. The van der Waals surface area contributed by atoms with Crippen molar-refractivity contribution in [2.75, 3.05) is 7.11 Å². The summed E-state index contributed by atoms with van der Waals surface area (Å²) in [6.45, 7) is 0.518. The van der Waals surface area contributed by atoms with E-state index in [-0.39, 0.29) is 5.91 Å². The second-order valence-electron chi connectivity index (χ2n) is 4.65. The number of hydrogen-bond donors (Lipinski definition) is 2. The molecule has 0 aliphatic carbocycles. The summed E-state index contributed by atoms with van der Waals surface area (Å²) in [7, 11) is 1.62. The van der Waals surface area contributed by atoms with Gasteiger partial charge in [-0.15, -0.1) is 11.3 Å². The summed E-state index contributed by atoms with van der Waals surface area (Å²) >= 11 is 1.61. The molecule has 1 aromatic carbocycles. The van der Waals surface area contributed by atoms with Gasteiger partial charge in [-0.25, -0.2) is 0 Å². The zero-order chi connectivity index (χ0) is 15.4. The number of amides is 1. The number of rotatable bonds is 5. The third kappa shape index (κ3) is 3.01. The number of aromatic amines is 1.